The molecular formula is C12H23NO4. The van der Waals surface area contributed by atoms with E-state index >= 15 is 0 Å². The minimum Gasteiger partial charge on any atom is -0.468 e. The molecule has 17 heavy (non-hydrogen) atoms. The third kappa shape index (κ3) is 5.02. The van der Waals surface area contributed by atoms with Crippen molar-refractivity contribution in [2.75, 3.05) is 26.9 Å². The van der Waals surface area contributed by atoms with Crippen molar-refractivity contribution in [1.82, 2.24) is 0 Å². The van der Waals surface area contributed by atoms with Crippen LogP contribution in [0.2, 0.25) is 0 Å². The summed E-state index contributed by atoms with van der Waals surface area (Å²) in [6.45, 7) is 3.90. The third-order valence-electron chi connectivity index (χ3n) is 2.98. The first kappa shape index (κ1) is 14.4. The van der Waals surface area contributed by atoms with Crippen LogP contribution in [0.3, 0.4) is 0 Å². The molecule has 0 aromatic rings. The SMILES string of the molecule is COC(=O)C(C)(N)CCCCOC1CCOC1. The first-order valence-corrected chi connectivity index (χ1v) is 6.13. The van der Waals surface area contributed by atoms with Crippen molar-refractivity contribution >= 4 is 5.97 Å². The number of rotatable bonds is 7. The summed E-state index contributed by atoms with van der Waals surface area (Å²) in [7, 11) is 1.36. The monoisotopic (exact) mass is 245 g/mol. The molecule has 0 spiro atoms. The largest absolute Gasteiger partial charge is 0.468 e. The Bertz CT molecular complexity index is 237. The van der Waals surface area contributed by atoms with Gasteiger partial charge in [0, 0.05) is 13.2 Å². The maximum Gasteiger partial charge on any atom is 0.325 e. The number of carbonyl (C=O) groups excluding carboxylic acids is 1. The second-order valence-corrected chi connectivity index (χ2v) is 4.72. The zero-order chi connectivity index (χ0) is 12.7. The van der Waals surface area contributed by atoms with Crippen LogP contribution >= 0.6 is 0 Å². The number of unbranched alkanes of at least 4 members (excludes halogenated alkanes) is 1. The molecule has 1 fully saturated rings. The molecule has 0 aromatic heterocycles. The maximum absolute atomic E-state index is 11.3. The Morgan fingerprint density at radius 2 is 2.29 bits per heavy atom. The van der Waals surface area contributed by atoms with Crippen LogP contribution in [0.1, 0.15) is 32.6 Å². The predicted octanol–water partition coefficient (Wildman–Crippen LogP) is 0.853. The molecule has 2 atom stereocenters. The van der Waals surface area contributed by atoms with E-state index in [-0.39, 0.29) is 12.1 Å². The molecule has 5 nitrogen and oxygen atoms in total. The molecule has 1 rings (SSSR count). The fraction of sp³-hybridized carbons (Fsp3) is 0.917. The van der Waals surface area contributed by atoms with Gasteiger partial charge in [-0.3, -0.25) is 4.79 Å². The van der Waals surface area contributed by atoms with Crippen molar-refractivity contribution in [3.63, 3.8) is 0 Å². The Balaban J connectivity index is 2.04. The summed E-state index contributed by atoms with van der Waals surface area (Å²) in [4.78, 5) is 11.3. The van der Waals surface area contributed by atoms with Crippen molar-refractivity contribution in [3.8, 4) is 0 Å². The van der Waals surface area contributed by atoms with Gasteiger partial charge in [-0.25, -0.2) is 0 Å². The number of nitrogens with two attached hydrogens (primary N) is 1. The molecule has 0 bridgehead atoms. The standard InChI is InChI=1S/C12H23NO4/c1-12(13,11(14)15-2)6-3-4-7-17-10-5-8-16-9-10/h10H,3-9,13H2,1-2H3. The predicted molar refractivity (Wildman–Crippen MR) is 63.6 cm³/mol. The van der Waals surface area contributed by atoms with Gasteiger partial charge < -0.3 is 19.9 Å². The van der Waals surface area contributed by atoms with Gasteiger partial charge in [-0.15, -0.1) is 0 Å². The molecule has 0 amide bonds. The minimum atomic E-state index is -0.884. The van der Waals surface area contributed by atoms with E-state index in [0.717, 1.165) is 25.9 Å². The lowest BCUT2D eigenvalue weighted by atomic mass is 9.96. The summed E-state index contributed by atoms with van der Waals surface area (Å²) < 4.78 is 15.5. The highest BCUT2D eigenvalue weighted by Gasteiger charge is 2.28. The third-order valence-corrected chi connectivity index (χ3v) is 2.98. The first-order valence-electron chi connectivity index (χ1n) is 6.13. The summed E-state index contributed by atoms with van der Waals surface area (Å²) in [6.07, 6.45) is 3.61. The smallest absolute Gasteiger partial charge is 0.325 e. The Labute approximate surface area is 103 Å². The Morgan fingerprint density at radius 1 is 1.53 bits per heavy atom. The summed E-state index contributed by atoms with van der Waals surface area (Å²) in [5.74, 6) is -0.359. The van der Waals surface area contributed by atoms with E-state index in [2.05, 4.69) is 4.74 Å². The number of esters is 1. The van der Waals surface area contributed by atoms with Gasteiger partial charge in [0.15, 0.2) is 0 Å². The van der Waals surface area contributed by atoms with Crippen molar-refractivity contribution in [2.24, 2.45) is 5.73 Å². The molecule has 5 heteroatoms. The molecule has 2 N–H and O–H groups in total. The van der Waals surface area contributed by atoms with Crippen LogP contribution in [-0.4, -0.2) is 44.5 Å². The summed E-state index contributed by atoms with van der Waals surface area (Å²) in [5, 5.41) is 0. The molecule has 1 heterocycles. The highest BCUT2D eigenvalue weighted by Crippen LogP contribution is 2.14. The number of ether oxygens (including phenoxy) is 3. The van der Waals surface area contributed by atoms with Crippen LogP contribution in [0.4, 0.5) is 0 Å². The number of methoxy groups -OCH3 is 1. The van der Waals surface area contributed by atoms with E-state index in [1.165, 1.54) is 7.11 Å². The van der Waals surface area contributed by atoms with Gasteiger partial charge in [-0.05, 0) is 32.6 Å². The normalized spacial score (nSPS) is 23.4. The fourth-order valence-electron chi connectivity index (χ4n) is 1.82. The molecule has 1 saturated heterocycles. The molecule has 100 valence electrons. The maximum atomic E-state index is 11.3. The average molecular weight is 245 g/mol. The first-order chi connectivity index (χ1) is 8.06. The topological polar surface area (TPSA) is 70.8 Å². The molecule has 0 aliphatic carbocycles. The molecule has 2 unspecified atom stereocenters. The van der Waals surface area contributed by atoms with E-state index in [1.807, 2.05) is 0 Å². The van der Waals surface area contributed by atoms with Crippen LogP contribution in [0.15, 0.2) is 0 Å². The molecule has 0 aromatic carbocycles. The highest BCUT2D eigenvalue weighted by molar-refractivity contribution is 5.79. The van der Waals surface area contributed by atoms with Crippen molar-refractivity contribution in [1.29, 1.82) is 0 Å². The van der Waals surface area contributed by atoms with Crippen LogP contribution in [0.5, 0.6) is 0 Å². The lowest BCUT2D eigenvalue weighted by Gasteiger charge is -2.21. The van der Waals surface area contributed by atoms with Crippen LogP contribution in [0, 0.1) is 0 Å². The summed E-state index contributed by atoms with van der Waals surface area (Å²) in [6, 6.07) is 0. The Morgan fingerprint density at radius 3 is 2.88 bits per heavy atom. The van der Waals surface area contributed by atoms with Crippen LogP contribution in [-0.2, 0) is 19.0 Å². The van der Waals surface area contributed by atoms with Gasteiger partial charge in [0.25, 0.3) is 0 Å². The average Bonchev–Trinajstić information content (AvgIpc) is 2.80. The van der Waals surface area contributed by atoms with E-state index < -0.39 is 5.54 Å². The van der Waals surface area contributed by atoms with Gasteiger partial charge in [0.05, 0.1) is 19.8 Å². The molecular weight excluding hydrogens is 222 g/mol. The van der Waals surface area contributed by atoms with Gasteiger partial charge in [0.1, 0.15) is 5.54 Å². The van der Waals surface area contributed by atoms with Crippen molar-refractivity contribution in [2.45, 2.75) is 44.2 Å². The zero-order valence-corrected chi connectivity index (χ0v) is 10.7. The van der Waals surface area contributed by atoms with E-state index in [0.29, 0.717) is 19.6 Å². The Kier molecular flexibility index (Phi) is 5.88. The lowest BCUT2D eigenvalue weighted by Crippen LogP contribution is -2.45. The Hall–Kier alpha value is -0.650. The van der Waals surface area contributed by atoms with Gasteiger partial charge in [-0.2, -0.15) is 0 Å². The molecule has 0 radical (unpaired) electrons. The highest BCUT2D eigenvalue weighted by atomic mass is 16.5. The molecule has 0 saturated carbocycles. The second-order valence-electron chi connectivity index (χ2n) is 4.72. The van der Waals surface area contributed by atoms with Gasteiger partial charge in [-0.1, -0.05) is 0 Å². The van der Waals surface area contributed by atoms with E-state index in [4.69, 9.17) is 15.2 Å². The number of carbonyl (C=O) groups is 1. The number of hydrogen-bond donors (Lipinski definition) is 1. The molecule has 1 aliphatic rings. The van der Waals surface area contributed by atoms with E-state index in [1.54, 1.807) is 6.92 Å². The number of hydrogen-bond acceptors (Lipinski definition) is 5. The van der Waals surface area contributed by atoms with E-state index in [9.17, 15) is 4.79 Å². The summed E-state index contributed by atoms with van der Waals surface area (Å²) in [5.41, 5.74) is 4.96. The fourth-order valence-corrected chi connectivity index (χ4v) is 1.82. The van der Waals surface area contributed by atoms with Crippen molar-refractivity contribution < 1.29 is 19.0 Å². The second kappa shape index (κ2) is 6.93. The van der Waals surface area contributed by atoms with Crippen molar-refractivity contribution in [3.05, 3.63) is 0 Å². The zero-order valence-electron chi connectivity index (χ0n) is 10.7. The lowest BCUT2D eigenvalue weighted by molar-refractivity contribution is -0.146. The quantitative estimate of drug-likeness (QED) is 0.532. The molecule has 1 aliphatic heterocycles. The van der Waals surface area contributed by atoms with Gasteiger partial charge in [0.2, 0.25) is 0 Å². The van der Waals surface area contributed by atoms with Gasteiger partial charge >= 0.3 is 5.97 Å². The summed E-state index contributed by atoms with van der Waals surface area (Å²) >= 11 is 0. The van der Waals surface area contributed by atoms with Crippen LogP contribution in [0.25, 0.3) is 0 Å². The van der Waals surface area contributed by atoms with Crippen LogP contribution < -0.4 is 5.73 Å². The minimum absolute atomic E-state index is 0.250.